The molecule has 0 saturated carbocycles. The van der Waals surface area contributed by atoms with Crippen LogP contribution < -0.4 is 10.6 Å². The fourth-order valence-corrected chi connectivity index (χ4v) is 2.17. The summed E-state index contributed by atoms with van der Waals surface area (Å²) < 4.78 is 5.65. The molecule has 0 aliphatic carbocycles. The molecule has 0 aromatic heterocycles. The van der Waals surface area contributed by atoms with E-state index in [1.54, 1.807) is 7.05 Å². The second kappa shape index (κ2) is 11.5. The molecular weight excluding hydrogens is 282 g/mol. The van der Waals surface area contributed by atoms with Crippen molar-refractivity contribution >= 4 is 17.7 Å². The number of guanidine groups is 1. The van der Waals surface area contributed by atoms with Crippen molar-refractivity contribution in [2.75, 3.05) is 32.2 Å². The summed E-state index contributed by atoms with van der Waals surface area (Å²) in [6.07, 6.45) is 3.15. The standard InChI is InChI=1S/C16H27N3OS/c1-4-10-20-13-15-8-6-5-7-14(15)12-19-16(17-2)18-9-11-21-3/h5-8H,4,9-13H2,1-3H3,(H2,17,18,19). The van der Waals surface area contributed by atoms with Crippen LogP contribution in [-0.4, -0.2) is 38.2 Å². The Hall–Kier alpha value is -1.20. The molecule has 0 bridgehead atoms. The van der Waals surface area contributed by atoms with Gasteiger partial charge >= 0.3 is 0 Å². The van der Waals surface area contributed by atoms with Gasteiger partial charge in [0.25, 0.3) is 0 Å². The summed E-state index contributed by atoms with van der Waals surface area (Å²) in [6, 6.07) is 8.37. The highest BCUT2D eigenvalue weighted by Crippen LogP contribution is 2.10. The first-order valence-corrected chi connectivity index (χ1v) is 8.79. The van der Waals surface area contributed by atoms with E-state index < -0.39 is 0 Å². The van der Waals surface area contributed by atoms with E-state index in [4.69, 9.17) is 4.74 Å². The topological polar surface area (TPSA) is 45.6 Å². The highest BCUT2D eigenvalue weighted by Gasteiger charge is 2.03. The number of nitrogens with zero attached hydrogens (tertiary/aromatic N) is 1. The summed E-state index contributed by atoms with van der Waals surface area (Å²) in [5.74, 6) is 1.91. The second-order valence-corrected chi connectivity index (χ2v) is 5.65. The molecule has 0 saturated heterocycles. The Morgan fingerprint density at radius 3 is 2.67 bits per heavy atom. The molecule has 4 nitrogen and oxygen atoms in total. The van der Waals surface area contributed by atoms with E-state index in [0.717, 1.165) is 37.8 Å². The largest absolute Gasteiger partial charge is 0.377 e. The average molecular weight is 309 g/mol. The zero-order valence-corrected chi connectivity index (χ0v) is 14.1. The molecule has 21 heavy (non-hydrogen) atoms. The van der Waals surface area contributed by atoms with Crippen LogP contribution in [0.1, 0.15) is 24.5 Å². The molecule has 0 aliphatic heterocycles. The van der Waals surface area contributed by atoms with Gasteiger partial charge < -0.3 is 15.4 Å². The van der Waals surface area contributed by atoms with Crippen LogP contribution in [0.3, 0.4) is 0 Å². The van der Waals surface area contributed by atoms with E-state index in [2.05, 4.69) is 53.1 Å². The number of rotatable bonds is 9. The number of aliphatic imine (C=N–C) groups is 1. The predicted molar refractivity (Wildman–Crippen MR) is 93.0 cm³/mol. The number of hydrogen-bond acceptors (Lipinski definition) is 3. The lowest BCUT2D eigenvalue weighted by atomic mass is 10.1. The maximum Gasteiger partial charge on any atom is 0.191 e. The third-order valence-corrected chi connectivity index (χ3v) is 3.61. The van der Waals surface area contributed by atoms with Gasteiger partial charge in [0.05, 0.1) is 6.61 Å². The predicted octanol–water partition coefficient (Wildman–Crippen LogP) is 2.64. The van der Waals surface area contributed by atoms with Crippen LogP contribution in [0.4, 0.5) is 0 Å². The lowest BCUT2D eigenvalue weighted by Crippen LogP contribution is -2.38. The Morgan fingerprint density at radius 1 is 1.24 bits per heavy atom. The number of ether oxygens (including phenoxy) is 1. The molecule has 1 aromatic carbocycles. The first kappa shape index (κ1) is 17.9. The minimum absolute atomic E-state index is 0.671. The van der Waals surface area contributed by atoms with E-state index >= 15 is 0 Å². The van der Waals surface area contributed by atoms with Crippen LogP contribution in [0.15, 0.2) is 29.3 Å². The average Bonchev–Trinajstić information content (AvgIpc) is 2.52. The Labute approximate surface area is 132 Å². The monoisotopic (exact) mass is 309 g/mol. The van der Waals surface area contributed by atoms with Crippen molar-refractivity contribution in [3.63, 3.8) is 0 Å². The van der Waals surface area contributed by atoms with Crippen molar-refractivity contribution < 1.29 is 4.74 Å². The van der Waals surface area contributed by atoms with Crippen LogP contribution in [0.25, 0.3) is 0 Å². The summed E-state index contributed by atoms with van der Waals surface area (Å²) >= 11 is 1.82. The van der Waals surface area contributed by atoms with Gasteiger partial charge in [-0.15, -0.1) is 0 Å². The van der Waals surface area contributed by atoms with E-state index in [9.17, 15) is 0 Å². The lowest BCUT2D eigenvalue weighted by Gasteiger charge is -2.14. The van der Waals surface area contributed by atoms with E-state index in [1.165, 1.54) is 11.1 Å². The number of thioether (sulfide) groups is 1. The van der Waals surface area contributed by atoms with Crippen LogP contribution in [0.2, 0.25) is 0 Å². The quantitative estimate of drug-likeness (QED) is 0.418. The molecule has 1 aromatic rings. The third-order valence-electron chi connectivity index (χ3n) is 2.99. The van der Waals surface area contributed by atoms with Crippen molar-refractivity contribution in [2.24, 2.45) is 4.99 Å². The minimum atomic E-state index is 0.671. The smallest absolute Gasteiger partial charge is 0.191 e. The summed E-state index contributed by atoms with van der Waals surface area (Å²) in [4.78, 5) is 4.23. The summed E-state index contributed by atoms with van der Waals surface area (Å²) in [5, 5.41) is 6.65. The van der Waals surface area contributed by atoms with Gasteiger partial charge in [-0.05, 0) is 23.8 Å². The maximum atomic E-state index is 5.65. The molecule has 0 spiro atoms. The van der Waals surface area contributed by atoms with Crippen molar-refractivity contribution in [1.29, 1.82) is 0 Å². The Morgan fingerprint density at radius 2 is 2.00 bits per heavy atom. The fourth-order valence-electron chi connectivity index (χ4n) is 1.87. The highest BCUT2D eigenvalue weighted by molar-refractivity contribution is 7.98. The van der Waals surface area contributed by atoms with Crippen LogP contribution in [0, 0.1) is 0 Å². The van der Waals surface area contributed by atoms with Gasteiger partial charge in [0, 0.05) is 32.5 Å². The third kappa shape index (κ3) is 7.39. The number of benzene rings is 1. The molecule has 118 valence electrons. The van der Waals surface area contributed by atoms with Crippen molar-refractivity contribution in [1.82, 2.24) is 10.6 Å². The van der Waals surface area contributed by atoms with Crippen LogP contribution in [-0.2, 0) is 17.9 Å². The molecular formula is C16H27N3OS. The van der Waals surface area contributed by atoms with Gasteiger partial charge in [-0.25, -0.2) is 0 Å². The molecule has 2 N–H and O–H groups in total. The van der Waals surface area contributed by atoms with Crippen molar-refractivity contribution in [3.8, 4) is 0 Å². The Kier molecular flexibility index (Phi) is 9.74. The van der Waals surface area contributed by atoms with Gasteiger partial charge in [-0.1, -0.05) is 31.2 Å². The minimum Gasteiger partial charge on any atom is -0.377 e. The Balaban J connectivity index is 2.49. The number of nitrogens with one attached hydrogen (secondary N) is 2. The fraction of sp³-hybridized carbons (Fsp3) is 0.562. The SMILES string of the molecule is CCCOCc1ccccc1CNC(=NC)NCCSC. The number of hydrogen-bond donors (Lipinski definition) is 2. The zero-order chi connectivity index (χ0) is 15.3. The highest BCUT2D eigenvalue weighted by atomic mass is 32.2. The first-order valence-electron chi connectivity index (χ1n) is 7.39. The molecule has 0 radical (unpaired) electrons. The van der Waals surface area contributed by atoms with Crippen LogP contribution >= 0.6 is 11.8 Å². The molecule has 0 amide bonds. The molecule has 0 unspecified atom stereocenters. The van der Waals surface area contributed by atoms with Crippen molar-refractivity contribution in [3.05, 3.63) is 35.4 Å². The summed E-state index contributed by atoms with van der Waals surface area (Å²) in [6.45, 7) is 5.27. The van der Waals surface area contributed by atoms with Gasteiger partial charge in [0.15, 0.2) is 5.96 Å². The molecule has 0 fully saturated rings. The van der Waals surface area contributed by atoms with E-state index in [-0.39, 0.29) is 0 Å². The molecule has 1 rings (SSSR count). The van der Waals surface area contributed by atoms with Gasteiger partial charge in [0.1, 0.15) is 0 Å². The zero-order valence-electron chi connectivity index (χ0n) is 13.3. The summed E-state index contributed by atoms with van der Waals surface area (Å²) in [5.41, 5.74) is 2.49. The van der Waals surface area contributed by atoms with Crippen LogP contribution in [0.5, 0.6) is 0 Å². The van der Waals surface area contributed by atoms with Crippen molar-refractivity contribution in [2.45, 2.75) is 26.5 Å². The maximum absolute atomic E-state index is 5.65. The van der Waals surface area contributed by atoms with Gasteiger partial charge in [-0.3, -0.25) is 4.99 Å². The van der Waals surface area contributed by atoms with E-state index in [1.807, 2.05) is 11.8 Å². The molecule has 0 heterocycles. The molecule has 0 aliphatic rings. The van der Waals surface area contributed by atoms with Gasteiger partial charge in [-0.2, -0.15) is 11.8 Å². The lowest BCUT2D eigenvalue weighted by molar-refractivity contribution is 0.121. The molecule has 0 atom stereocenters. The molecule has 5 heteroatoms. The summed E-state index contributed by atoms with van der Waals surface area (Å²) in [7, 11) is 1.80. The van der Waals surface area contributed by atoms with E-state index in [0.29, 0.717) is 6.61 Å². The second-order valence-electron chi connectivity index (χ2n) is 4.67. The van der Waals surface area contributed by atoms with Gasteiger partial charge in [0.2, 0.25) is 0 Å². The Bertz CT molecular complexity index is 424. The normalized spacial score (nSPS) is 11.5. The first-order chi connectivity index (χ1) is 10.3.